The Labute approximate surface area is 126 Å². The van der Waals surface area contributed by atoms with Gasteiger partial charge >= 0.3 is 0 Å². The zero-order chi connectivity index (χ0) is 14.9. The second kappa shape index (κ2) is 5.40. The van der Waals surface area contributed by atoms with Crippen molar-refractivity contribution >= 4 is 5.91 Å². The molecule has 0 atom stereocenters. The Kier molecular flexibility index (Phi) is 3.58. The number of aromatic amines is 1. The summed E-state index contributed by atoms with van der Waals surface area (Å²) in [5.74, 6) is 0.118. The molecule has 0 bridgehead atoms. The SMILES string of the molecule is CC1(C)CCN(C(=O)c2ccc(-c3ccccc3)[nH]2)CC1. The highest BCUT2D eigenvalue weighted by Gasteiger charge is 2.28. The predicted octanol–water partition coefficient (Wildman–Crippen LogP) is 3.94. The number of H-pyrrole nitrogens is 1. The topological polar surface area (TPSA) is 36.1 Å². The molecule has 3 heteroatoms. The molecule has 1 aliphatic heterocycles. The first-order valence-corrected chi connectivity index (χ1v) is 7.59. The fourth-order valence-electron chi connectivity index (χ4n) is 2.79. The molecule has 21 heavy (non-hydrogen) atoms. The van der Waals surface area contributed by atoms with Crippen LogP contribution < -0.4 is 0 Å². The van der Waals surface area contributed by atoms with Gasteiger partial charge < -0.3 is 9.88 Å². The van der Waals surface area contributed by atoms with Crippen molar-refractivity contribution in [2.45, 2.75) is 26.7 Å². The summed E-state index contributed by atoms with van der Waals surface area (Å²) in [5.41, 5.74) is 3.16. The highest BCUT2D eigenvalue weighted by Crippen LogP contribution is 2.30. The fourth-order valence-corrected chi connectivity index (χ4v) is 2.79. The minimum Gasteiger partial charge on any atom is -0.351 e. The summed E-state index contributed by atoms with van der Waals surface area (Å²) in [6.45, 7) is 6.25. The van der Waals surface area contributed by atoms with E-state index in [1.807, 2.05) is 47.4 Å². The van der Waals surface area contributed by atoms with E-state index >= 15 is 0 Å². The fraction of sp³-hybridized carbons (Fsp3) is 0.389. The number of amides is 1. The van der Waals surface area contributed by atoms with Crippen LogP contribution in [0.15, 0.2) is 42.5 Å². The Morgan fingerprint density at radius 3 is 2.38 bits per heavy atom. The van der Waals surface area contributed by atoms with Crippen LogP contribution in [0.4, 0.5) is 0 Å². The largest absolute Gasteiger partial charge is 0.351 e. The lowest BCUT2D eigenvalue weighted by atomic mass is 9.82. The third-order valence-corrected chi connectivity index (χ3v) is 4.41. The van der Waals surface area contributed by atoms with Gasteiger partial charge in [0, 0.05) is 18.8 Å². The molecular formula is C18H22N2O. The Morgan fingerprint density at radius 2 is 1.71 bits per heavy atom. The maximum absolute atomic E-state index is 12.6. The molecule has 3 nitrogen and oxygen atoms in total. The Balaban J connectivity index is 1.73. The van der Waals surface area contributed by atoms with E-state index in [0.717, 1.165) is 37.2 Å². The van der Waals surface area contributed by atoms with E-state index in [-0.39, 0.29) is 5.91 Å². The molecule has 0 saturated carbocycles. The minimum atomic E-state index is 0.118. The van der Waals surface area contributed by atoms with Crippen molar-refractivity contribution in [3.05, 3.63) is 48.2 Å². The van der Waals surface area contributed by atoms with Crippen LogP contribution in [-0.4, -0.2) is 28.9 Å². The van der Waals surface area contributed by atoms with Crippen molar-refractivity contribution in [3.63, 3.8) is 0 Å². The third kappa shape index (κ3) is 3.02. The van der Waals surface area contributed by atoms with Gasteiger partial charge in [-0.2, -0.15) is 0 Å². The number of benzene rings is 1. The molecule has 2 heterocycles. The summed E-state index contributed by atoms with van der Waals surface area (Å²) in [7, 11) is 0. The zero-order valence-electron chi connectivity index (χ0n) is 12.7. The van der Waals surface area contributed by atoms with Crippen molar-refractivity contribution < 1.29 is 4.79 Å². The van der Waals surface area contributed by atoms with Crippen LogP contribution in [0.1, 0.15) is 37.2 Å². The van der Waals surface area contributed by atoms with Crippen molar-refractivity contribution in [1.29, 1.82) is 0 Å². The summed E-state index contributed by atoms with van der Waals surface area (Å²) in [5, 5.41) is 0. The number of piperidine rings is 1. The van der Waals surface area contributed by atoms with Crippen molar-refractivity contribution in [2.75, 3.05) is 13.1 Å². The van der Waals surface area contributed by atoms with Crippen molar-refractivity contribution in [2.24, 2.45) is 5.41 Å². The van der Waals surface area contributed by atoms with Crippen LogP contribution in [0.25, 0.3) is 11.3 Å². The van der Waals surface area contributed by atoms with E-state index in [0.29, 0.717) is 11.1 Å². The lowest BCUT2D eigenvalue weighted by Gasteiger charge is -2.36. The molecule has 1 N–H and O–H groups in total. The van der Waals surface area contributed by atoms with E-state index < -0.39 is 0 Å². The summed E-state index contributed by atoms with van der Waals surface area (Å²) < 4.78 is 0. The zero-order valence-corrected chi connectivity index (χ0v) is 12.7. The maximum atomic E-state index is 12.6. The van der Waals surface area contributed by atoms with E-state index in [2.05, 4.69) is 18.8 Å². The molecule has 1 aromatic carbocycles. The number of aromatic nitrogens is 1. The number of nitrogens with one attached hydrogen (secondary N) is 1. The second-order valence-electron chi connectivity index (χ2n) is 6.61. The van der Waals surface area contributed by atoms with Gasteiger partial charge in [0.05, 0.1) is 0 Å². The van der Waals surface area contributed by atoms with Gasteiger partial charge in [-0.15, -0.1) is 0 Å². The van der Waals surface area contributed by atoms with Crippen LogP contribution in [0.2, 0.25) is 0 Å². The minimum absolute atomic E-state index is 0.118. The van der Waals surface area contributed by atoms with Gasteiger partial charge in [-0.1, -0.05) is 44.2 Å². The first-order valence-electron chi connectivity index (χ1n) is 7.59. The number of hydrogen-bond acceptors (Lipinski definition) is 1. The number of rotatable bonds is 2. The van der Waals surface area contributed by atoms with Crippen molar-refractivity contribution in [3.8, 4) is 11.3 Å². The second-order valence-corrected chi connectivity index (χ2v) is 6.61. The molecule has 1 fully saturated rings. The van der Waals surface area contributed by atoms with Crippen molar-refractivity contribution in [1.82, 2.24) is 9.88 Å². The first kappa shape index (κ1) is 13.9. The van der Waals surface area contributed by atoms with E-state index in [4.69, 9.17) is 0 Å². The molecule has 110 valence electrons. The lowest BCUT2D eigenvalue weighted by Crippen LogP contribution is -2.41. The number of hydrogen-bond donors (Lipinski definition) is 1. The normalized spacial score (nSPS) is 17.7. The predicted molar refractivity (Wildman–Crippen MR) is 85.1 cm³/mol. The molecule has 0 unspecified atom stereocenters. The Bertz CT molecular complexity index is 618. The quantitative estimate of drug-likeness (QED) is 0.889. The van der Waals surface area contributed by atoms with E-state index in [1.54, 1.807) is 0 Å². The summed E-state index contributed by atoms with van der Waals surface area (Å²) in [6.07, 6.45) is 2.15. The molecule has 1 amide bonds. The summed E-state index contributed by atoms with van der Waals surface area (Å²) in [4.78, 5) is 17.8. The first-order chi connectivity index (χ1) is 10.1. The van der Waals surface area contributed by atoms with E-state index in [1.165, 1.54) is 0 Å². The molecule has 2 aromatic rings. The number of carbonyl (C=O) groups is 1. The van der Waals surface area contributed by atoms with E-state index in [9.17, 15) is 4.79 Å². The molecule has 1 aliphatic rings. The van der Waals surface area contributed by atoms with Gasteiger partial charge in [0.1, 0.15) is 5.69 Å². The molecule has 0 radical (unpaired) electrons. The smallest absolute Gasteiger partial charge is 0.270 e. The van der Waals surface area contributed by atoms with Gasteiger partial charge in [0.15, 0.2) is 0 Å². The average molecular weight is 282 g/mol. The van der Waals surface area contributed by atoms with Crippen LogP contribution in [0.3, 0.4) is 0 Å². The molecule has 1 saturated heterocycles. The number of likely N-dealkylation sites (tertiary alicyclic amines) is 1. The van der Waals surface area contributed by atoms with Gasteiger partial charge in [-0.05, 0) is 36.0 Å². The number of carbonyl (C=O) groups excluding carboxylic acids is 1. The lowest BCUT2D eigenvalue weighted by molar-refractivity contribution is 0.0625. The molecule has 1 aromatic heterocycles. The summed E-state index contributed by atoms with van der Waals surface area (Å²) in [6, 6.07) is 14.0. The standard InChI is InChI=1S/C18H22N2O/c1-18(2)10-12-20(13-11-18)17(21)16-9-8-15(19-16)14-6-4-3-5-7-14/h3-9,19H,10-13H2,1-2H3. The molecular weight excluding hydrogens is 260 g/mol. The van der Waals surface area contributed by atoms with Gasteiger partial charge in [-0.3, -0.25) is 4.79 Å². The molecule has 3 rings (SSSR count). The Morgan fingerprint density at radius 1 is 1.05 bits per heavy atom. The monoisotopic (exact) mass is 282 g/mol. The highest BCUT2D eigenvalue weighted by atomic mass is 16.2. The average Bonchev–Trinajstić information content (AvgIpc) is 2.97. The molecule has 0 aliphatic carbocycles. The Hall–Kier alpha value is -2.03. The van der Waals surface area contributed by atoms with Gasteiger partial charge in [0.25, 0.3) is 5.91 Å². The number of nitrogens with zero attached hydrogens (tertiary/aromatic N) is 1. The highest BCUT2D eigenvalue weighted by molar-refractivity contribution is 5.93. The third-order valence-electron chi connectivity index (χ3n) is 4.41. The van der Waals surface area contributed by atoms with Gasteiger partial charge in [-0.25, -0.2) is 0 Å². The van der Waals surface area contributed by atoms with Crippen LogP contribution >= 0.6 is 0 Å². The van der Waals surface area contributed by atoms with Crippen LogP contribution in [0.5, 0.6) is 0 Å². The van der Waals surface area contributed by atoms with Gasteiger partial charge in [0.2, 0.25) is 0 Å². The summed E-state index contributed by atoms with van der Waals surface area (Å²) >= 11 is 0. The maximum Gasteiger partial charge on any atom is 0.270 e. The molecule has 0 spiro atoms. The van der Waals surface area contributed by atoms with Crippen LogP contribution in [0, 0.1) is 5.41 Å². The van der Waals surface area contributed by atoms with Crippen LogP contribution in [-0.2, 0) is 0 Å².